The van der Waals surface area contributed by atoms with Crippen molar-refractivity contribution in [2.75, 3.05) is 17.8 Å². The van der Waals surface area contributed by atoms with Crippen molar-refractivity contribution in [2.45, 2.75) is 37.6 Å². The third kappa shape index (κ3) is 5.78. The Hall–Kier alpha value is -4.25. The quantitative estimate of drug-likeness (QED) is 0.326. The molecule has 202 valence electrons. The molecule has 2 aromatic heterocycles. The number of ether oxygens (including phenoxy) is 1. The number of halogens is 1. The van der Waals surface area contributed by atoms with E-state index in [0.717, 1.165) is 11.1 Å². The van der Waals surface area contributed by atoms with Gasteiger partial charge < -0.3 is 14.2 Å². The second-order valence-electron chi connectivity index (χ2n) is 9.46. The summed E-state index contributed by atoms with van der Waals surface area (Å²) in [5, 5.41) is 3.30. The minimum Gasteiger partial charge on any atom is -0.456 e. The molecule has 1 aliphatic heterocycles. The van der Waals surface area contributed by atoms with Crippen molar-refractivity contribution < 1.29 is 26.9 Å². The van der Waals surface area contributed by atoms with Gasteiger partial charge in [0, 0.05) is 30.9 Å². The van der Waals surface area contributed by atoms with Gasteiger partial charge in [-0.2, -0.15) is 8.42 Å². The minimum atomic E-state index is -4.16. The van der Waals surface area contributed by atoms with Gasteiger partial charge in [-0.15, -0.1) is 0 Å². The molecule has 9 nitrogen and oxygen atoms in total. The summed E-state index contributed by atoms with van der Waals surface area (Å²) in [6.45, 7) is 4.42. The van der Waals surface area contributed by atoms with Gasteiger partial charge in [-0.3, -0.25) is 9.52 Å². The van der Waals surface area contributed by atoms with Crippen LogP contribution in [-0.4, -0.2) is 42.5 Å². The molecule has 39 heavy (non-hydrogen) atoms. The van der Waals surface area contributed by atoms with E-state index in [1.54, 1.807) is 36.1 Å². The number of aromatic nitrogens is 2. The first-order valence-corrected chi connectivity index (χ1v) is 13.9. The normalized spacial score (nSPS) is 14.3. The lowest BCUT2D eigenvalue weighted by atomic mass is 9.89. The Bertz CT molecular complexity index is 1580. The lowest BCUT2D eigenvalue weighted by Crippen LogP contribution is -2.38. The van der Waals surface area contributed by atoms with Gasteiger partial charge in [-0.05, 0) is 68.0 Å². The van der Waals surface area contributed by atoms with E-state index >= 15 is 0 Å². The largest absolute Gasteiger partial charge is 0.456 e. The van der Waals surface area contributed by atoms with Gasteiger partial charge in [-0.25, -0.2) is 9.37 Å². The molecule has 11 heteroatoms. The van der Waals surface area contributed by atoms with Crippen LogP contribution in [0.1, 0.15) is 45.8 Å². The monoisotopic (exact) mass is 550 g/mol. The van der Waals surface area contributed by atoms with Crippen LogP contribution in [0.4, 0.5) is 10.2 Å². The van der Waals surface area contributed by atoms with Gasteiger partial charge >= 0.3 is 0 Å². The molecule has 1 amide bonds. The number of hydrogen-bond acceptors (Lipinski definition) is 7. The average molecular weight is 551 g/mol. The number of anilines is 1. The van der Waals surface area contributed by atoms with Crippen molar-refractivity contribution in [1.29, 1.82) is 0 Å². The first-order chi connectivity index (χ1) is 18.7. The standard InChI is InChI=1S/C28H27FN4O5S/c1-18-4-3-5-23(16-18)38-26-19(2)27(39(35,36)32-25-12-15-37-31-25)30-17-24(26)28(34)33-13-10-21(11-14-33)20-6-8-22(29)9-7-20/h3-9,12,15-17,21H,10-11,13-14H2,1-2H3,(H,31,32). The maximum atomic E-state index is 13.7. The molecular formula is C28H27FN4O5S. The number of rotatable bonds is 7. The summed E-state index contributed by atoms with van der Waals surface area (Å²) in [5.74, 6) is 0.202. The van der Waals surface area contributed by atoms with Crippen LogP contribution in [0.2, 0.25) is 0 Å². The molecule has 4 aromatic rings. The topological polar surface area (TPSA) is 115 Å². The number of nitrogens with zero attached hydrogens (tertiary/aromatic N) is 3. The smallest absolute Gasteiger partial charge is 0.281 e. The zero-order valence-electron chi connectivity index (χ0n) is 21.4. The van der Waals surface area contributed by atoms with Crippen molar-refractivity contribution in [1.82, 2.24) is 15.0 Å². The highest BCUT2D eigenvalue weighted by Gasteiger charge is 2.31. The van der Waals surface area contributed by atoms with Crippen LogP contribution < -0.4 is 9.46 Å². The highest BCUT2D eigenvalue weighted by Crippen LogP contribution is 2.35. The van der Waals surface area contributed by atoms with Gasteiger partial charge in [0.05, 0.1) is 0 Å². The molecule has 0 spiro atoms. The lowest BCUT2D eigenvalue weighted by molar-refractivity contribution is 0.0709. The SMILES string of the molecule is Cc1cccc(Oc2c(C(=O)N3CCC(c4ccc(F)cc4)CC3)cnc(S(=O)(=O)Nc3ccon3)c2C)c1. The number of likely N-dealkylation sites (tertiary alicyclic amines) is 1. The van der Waals surface area contributed by atoms with Gasteiger partial charge in [0.2, 0.25) is 0 Å². The first kappa shape index (κ1) is 26.4. The number of sulfonamides is 1. The number of piperidine rings is 1. The number of carbonyl (C=O) groups is 1. The summed E-state index contributed by atoms with van der Waals surface area (Å²) in [6, 6.07) is 15.1. The molecule has 2 aromatic carbocycles. The van der Waals surface area contributed by atoms with Crippen LogP contribution in [0, 0.1) is 19.7 Å². The zero-order chi connectivity index (χ0) is 27.6. The molecule has 0 saturated carbocycles. The third-order valence-electron chi connectivity index (χ3n) is 6.71. The van der Waals surface area contributed by atoms with E-state index in [1.807, 2.05) is 19.1 Å². The Kier molecular flexibility index (Phi) is 7.34. The zero-order valence-corrected chi connectivity index (χ0v) is 22.2. The van der Waals surface area contributed by atoms with Gasteiger partial charge in [0.1, 0.15) is 29.1 Å². The van der Waals surface area contributed by atoms with E-state index in [4.69, 9.17) is 9.26 Å². The molecule has 5 rings (SSSR count). The van der Waals surface area contributed by atoms with Crippen molar-refractivity contribution >= 4 is 21.7 Å². The molecule has 1 fully saturated rings. The van der Waals surface area contributed by atoms with E-state index in [1.165, 1.54) is 30.7 Å². The van der Waals surface area contributed by atoms with Crippen molar-refractivity contribution in [2.24, 2.45) is 0 Å². The van der Waals surface area contributed by atoms with Gasteiger partial charge in [-0.1, -0.05) is 29.4 Å². The molecule has 0 radical (unpaired) electrons. The van der Waals surface area contributed by atoms with Crippen LogP contribution in [0.5, 0.6) is 11.5 Å². The average Bonchev–Trinajstić information content (AvgIpc) is 3.42. The maximum Gasteiger partial charge on any atom is 0.281 e. The first-order valence-electron chi connectivity index (χ1n) is 12.4. The summed E-state index contributed by atoms with van der Waals surface area (Å²) in [5.41, 5.74) is 2.32. The predicted molar refractivity (Wildman–Crippen MR) is 142 cm³/mol. The fourth-order valence-corrected chi connectivity index (χ4v) is 5.87. The molecular weight excluding hydrogens is 523 g/mol. The highest BCUT2D eigenvalue weighted by atomic mass is 32.2. The number of amides is 1. The molecule has 1 N–H and O–H groups in total. The van der Waals surface area contributed by atoms with E-state index in [0.29, 0.717) is 31.7 Å². The minimum absolute atomic E-state index is 0.00142. The van der Waals surface area contributed by atoms with Crippen LogP contribution >= 0.6 is 0 Å². The molecule has 0 atom stereocenters. The number of carbonyl (C=O) groups excluding carboxylic acids is 1. The van der Waals surface area contributed by atoms with E-state index in [2.05, 4.69) is 14.9 Å². The van der Waals surface area contributed by atoms with Crippen LogP contribution in [-0.2, 0) is 10.0 Å². The van der Waals surface area contributed by atoms with Crippen molar-refractivity contribution in [3.63, 3.8) is 0 Å². The Labute approximate surface area is 225 Å². The third-order valence-corrected chi connectivity index (χ3v) is 8.11. The van der Waals surface area contributed by atoms with Gasteiger partial charge in [0.25, 0.3) is 15.9 Å². The number of aryl methyl sites for hydroxylation is 1. The number of hydrogen-bond donors (Lipinski definition) is 1. The lowest BCUT2D eigenvalue weighted by Gasteiger charge is -2.32. The molecule has 0 aliphatic carbocycles. The molecule has 3 heterocycles. The summed E-state index contributed by atoms with van der Waals surface area (Å²) in [7, 11) is -4.16. The fourth-order valence-electron chi connectivity index (χ4n) is 4.70. The molecule has 1 aliphatic rings. The second-order valence-corrected chi connectivity index (χ2v) is 11.1. The number of nitrogens with one attached hydrogen (secondary N) is 1. The van der Waals surface area contributed by atoms with Crippen molar-refractivity contribution in [3.8, 4) is 11.5 Å². The van der Waals surface area contributed by atoms with E-state index in [-0.39, 0.29) is 45.4 Å². The summed E-state index contributed by atoms with van der Waals surface area (Å²) in [6.07, 6.45) is 3.91. The van der Waals surface area contributed by atoms with Gasteiger partial charge in [0.15, 0.2) is 10.8 Å². The van der Waals surface area contributed by atoms with Crippen LogP contribution in [0.3, 0.4) is 0 Å². The second kappa shape index (κ2) is 10.9. The van der Waals surface area contributed by atoms with E-state index in [9.17, 15) is 17.6 Å². The maximum absolute atomic E-state index is 13.7. The van der Waals surface area contributed by atoms with Crippen molar-refractivity contribution in [3.05, 3.63) is 95.1 Å². The summed E-state index contributed by atoms with van der Waals surface area (Å²) >= 11 is 0. The van der Waals surface area contributed by atoms with Crippen LogP contribution in [0.15, 0.2) is 76.6 Å². The Balaban J connectivity index is 1.45. The van der Waals surface area contributed by atoms with E-state index < -0.39 is 10.0 Å². The fraction of sp³-hybridized carbons (Fsp3) is 0.250. The predicted octanol–water partition coefficient (Wildman–Crippen LogP) is 5.44. The Morgan fingerprint density at radius 2 is 1.85 bits per heavy atom. The number of pyridine rings is 1. The number of benzene rings is 2. The summed E-state index contributed by atoms with van der Waals surface area (Å²) in [4.78, 5) is 19.6. The summed E-state index contributed by atoms with van der Waals surface area (Å²) < 4.78 is 52.8. The Morgan fingerprint density at radius 3 is 2.51 bits per heavy atom. The van der Waals surface area contributed by atoms with Crippen LogP contribution in [0.25, 0.3) is 0 Å². The molecule has 0 unspecified atom stereocenters. The molecule has 1 saturated heterocycles. The Morgan fingerprint density at radius 1 is 1.10 bits per heavy atom. The highest BCUT2D eigenvalue weighted by molar-refractivity contribution is 7.92. The molecule has 0 bridgehead atoms.